The number of urea groups is 1. The lowest BCUT2D eigenvalue weighted by atomic mass is 10.1. The highest BCUT2D eigenvalue weighted by Crippen LogP contribution is 2.13. The standard InChI is InChI=1S/C15H14N4O2/c1-10-7-14(21-19-10)18-15(20)17-9-11-4-5-13-12(8-11)3-2-6-16-13/h2-8H,9H2,1H3,(H2,17,18,20). The van der Waals surface area contributed by atoms with Crippen LogP contribution in [0.1, 0.15) is 11.3 Å². The quantitative estimate of drug-likeness (QED) is 0.774. The zero-order valence-corrected chi connectivity index (χ0v) is 11.5. The van der Waals surface area contributed by atoms with Gasteiger partial charge in [0.25, 0.3) is 0 Å². The van der Waals surface area contributed by atoms with E-state index < -0.39 is 0 Å². The molecule has 0 saturated heterocycles. The zero-order chi connectivity index (χ0) is 14.7. The van der Waals surface area contributed by atoms with Gasteiger partial charge < -0.3 is 9.84 Å². The van der Waals surface area contributed by atoms with Crippen LogP contribution in [0.2, 0.25) is 0 Å². The molecule has 0 fully saturated rings. The molecule has 0 unspecified atom stereocenters. The van der Waals surface area contributed by atoms with Gasteiger partial charge in [0.15, 0.2) is 0 Å². The Kier molecular flexibility index (Phi) is 3.51. The average molecular weight is 282 g/mol. The highest BCUT2D eigenvalue weighted by Gasteiger charge is 2.06. The summed E-state index contributed by atoms with van der Waals surface area (Å²) in [5, 5.41) is 10.1. The summed E-state index contributed by atoms with van der Waals surface area (Å²) in [4.78, 5) is 16.0. The number of pyridine rings is 1. The van der Waals surface area contributed by atoms with Gasteiger partial charge in [-0.3, -0.25) is 10.3 Å². The number of benzene rings is 1. The summed E-state index contributed by atoms with van der Waals surface area (Å²) >= 11 is 0. The third kappa shape index (κ3) is 3.17. The maximum absolute atomic E-state index is 11.7. The van der Waals surface area contributed by atoms with Gasteiger partial charge in [0.05, 0.1) is 11.2 Å². The van der Waals surface area contributed by atoms with E-state index in [1.165, 1.54) is 0 Å². The number of aryl methyl sites for hydroxylation is 1. The molecular formula is C15H14N4O2. The van der Waals surface area contributed by atoms with Crippen molar-refractivity contribution in [3.05, 3.63) is 53.9 Å². The fourth-order valence-electron chi connectivity index (χ4n) is 2.00. The Morgan fingerprint density at radius 1 is 1.29 bits per heavy atom. The lowest BCUT2D eigenvalue weighted by molar-refractivity contribution is 0.251. The van der Waals surface area contributed by atoms with Crippen molar-refractivity contribution in [1.29, 1.82) is 0 Å². The second-order valence-electron chi connectivity index (χ2n) is 4.67. The average Bonchev–Trinajstić information content (AvgIpc) is 2.90. The third-order valence-corrected chi connectivity index (χ3v) is 2.99. The highest BCUT2D eigenvalue weighted by atomic mass is 16.5. The van der Waals surface area contributed by atoms with Crippen LogP contribution in [0.5, 0.6) is 0 Å². The smallest absolute Gasteiger partial charge is 0.321 e. The molecule has 1 aromatic carbocycles. The Labute approximate surface area is 121 Å². The Morgan fingerprint density at radius 3 is 3.00 bits per heavy atom. The molecule has 0 aliphatic heterocycles. The van der Waals surface area contributed by atoms with Gasteiger partial charge >= 0.3 is 6.03 Å². The SMILES string of the molecule is Cc1cc(NC(=O)NCc2ccc3ncccc3c2)on1. The van der Waals surface area contributed by atoms with Gasteiger partial charge in [0.2, 0.25) is 5.88 Å². The Bertz CT molecular complexity index is 782. The van der Waals surface area contributed by atoms with Gasteiger partial charge in [-0.25, -0.2) is 4.79 Å². The van der Waals surface area contributed by atoms with Crippen molar-refractivity contribution in [3.8, 4) is 0 Å². The monoisotopic (exact) mass is 282 g/mol. The van der Waals surface area contributed by atoms with Gasteiger partial charge in [0, 0.05) is 24.2 Å². The molecule has 6 nitrogen and oxygen atoms in total. The third-order valence-electron chi connectivity index (χ3n) is 2.99. The molecular weight excluding hydrogens is 268 g/mol. The molecule has 2 aromatic heterocycles. The van der Waals surface area contributed by atoms with E-state index >= 15 is 0 Å². The molecule has 6 heteroatoms. The predicted molar refractivity (Wildman–Crippen MR) is 78.8 cm³/mol. The first-order valence-electron chi connectivity index (χ1n) is 6.52. The molecule has 106 valence electrons. The van der Waals surface area contributed by atoms with Crippen LogP contribution in [0.3, 0.4) is 0 Å². The lowest BCUT2D eigenvalue weighted by Crippen LogP contribution is -2.27. The maximum atomic E-state index is 11.7. The van der Waals surface area contributed by atoms with Crippen molar-refractivity contribution < 1.29 is 9.32 Å². The first-order valence-corrected chi connectivity index (χ1v) is 6.52. The van der Waals surface area contributed by atoms with Crippen LogP contribution in [0.4, 0.5) is 10.7 Å². The van der Waals surface area contributed by atoms with E-state index in [0.29, 0.717) is 18.1 Å². The van der Waals surface area contributed by atoms with Crippen LogP contribution in [0, 0.1) is 6.92 Å². The van der Waals surface area contributed by atoms with Gasteiger partial charge in [-0.1, -0.05) is 17.3 Å². The first kappa shape index (κ1) is 13.1. The molecule has 0 atom stereocenters. The molecule has 2 heterocycles. The van der Waals surface area contributed by atoms with Crippen molar-refractivity contribution in [2.24, 2.45) is 0 Å². The van der Waals surface area contributed by atoms with Gasteiger partial charge in [-0.05, 0) is 30.7 Å². The zero-order valence-electron chi connectivity index (χ0n) is 11.5. The number of hydrogen-bond donors (Lipinski definition) is 2. The van der Waals surface area contributed by atoms with E-state index in [2.05, 4.69) is 20.8 Å². The van der Waals surface area contributed by atoms with Crippen molar-refractivity contribution in [3.63, 3.8) is 0 Å². The summed E-state index contributed by atoms with van der Waals surface area (Å²) in [5.74, 6) is 0.327. The van der Waals surface area contributed by atoms with Crippen molar-refractivity contribution in [2.45, 2.75) is 13.5 Å². The summed E-state index contributed by atoms with van der Waals surface area (Å²) in [6.45, 7) is 2.21. The topological polar surface area (TPSA) is 80.0 Å². The van der Waals surface area contributed by atoms with E-state index in [4.69, 9.17) is 4.52 Å². The first-order chi connectivity index (χ1) is 10.2. The van der Waals surface area contributed by atoms with Crippen LogP contribution in [-0.4, -0.2) is 16.2 Å². The second kappa shape index (κ2) is 5.62. The number of carbonyl (C=O) groups excluding carboxylic acids is 1. The predicted octanol–water partition coefficient (Wildman–Crippen LogP) is 2.85. The second-order valence-corrected chi connectivity index (χ2v) is 4.67. The minimum Gasteiger partial charge on any atom is -0.338 e. The number of carbonyl (C=O) groups is 1. The highest BCUT2D eigenvalue weighted by molar-refractivity contribution is 5.87. The minimum atomic E-state index is -0.336. The van der Waals surface area contributed by atoms with E-state index in [0.717, 1.165) is 16.5 Å². The lowest BCUT2D eigenvalue weighted by Gasteiger charge is -2.06. The van der Waals surface area contributed by atoms with Gasteiger partial charge in [-0.15, -0.1) is 0 Å². The minimum absolute atomic E-state index is 0.327. The van der Waals surface area contributed by atoms with E-state index in [9.17, 15) is 4.79 Å². The fourth-order valence-corrected chi connectivity index (χ4v) is 2.00. The summed E-state index contributed by atoms with van der Waals surface area (Å²) < 4.78 is 4.91. The summed E-state index contributed by atoms with van der Waals surface area (Å²) in [7, 11) is 0. The number of anilines is 1. The number of hydrogen-bond acceptors (Lipinski definition) is 4. The van der Waals surface area contributed by atoms with Crippen molar-refractivity contribution in [1.82, 2.24) is 15.5 Å². The summed E-state index contributed by atoms with van der Waals surface area (Å²) in [6, 6.07) is 11.1. The number of nitrogens with zero attached hydrogens (tertiary/aromatic N) is 2. The molecule has 0 saturated carbocycles. The molecule has 0 bridgehead atoms. The van der Waals surface area contributed by atoms with Gasteiger partial charge in [0.1, 0.15) is 0 Å². The maximum Gasteiger partial charge on any atom is 0.321 e. The Morgan fingerprint density at radius 2 is 2.19 bits per heavy atom. The fraction of sp³-hybridized carbons (Fsp3) is 0.133. The summed E-state index contributed by atoms with van der Waals surface area (Å²) in [5.41, 5.74) is 2.65. The number of aromatic nitrogens is 2. The summed E-state index contributed by atoms with van der Waals surface area (Å²) in [6.07, 6.45) is 1.76. The Balaban J connectivity index is 1.61. The number of fused-ring (bicyclic) bond motifs is 1. The molecule has 3 rings (SSSR count). The van der Waals surface area contributed by atoms with Crippen LogP contribution >= 0.6 is 0 Å². The number of rotatable bonds is 3. The van der Waals surface area contributed by atoms with E-state index in [-0.39, 0.29) is 6.03 Å². The van der Waals surface area contributed by atoms with Crippen molar-refractivity contribution in [2.75, 3.05) is 5.32 Å². The van der Waals surface area contributed by atoms with Crippen LogP contribution < -0.4 is 10.6 Å². The molecule has 2 amide bonds. The van der Waals surface area contributed by atoms with Crippen LogP contribution in [0.25, 0.3) is 10.9 Å². The molecule has 0 aliphatic carbocycles. The number of amides is 2. The van der Waals surface area contributed by atoms with Crippen LogP contribution in [0.15, 0.2) is 47.1 Å². The molecule has 2 N–H and O–H groups in total. The molecule has 0 radical (unpaired) electrons. The van der Waals surface area contributed by atoms with E-state index in [1.807, 2.05) is 30.3 Å². The number of nitrogens with one attached hydrogen (secondary N) is 2. The molecule has 0 spiro atoms. The molecule has 3 aromatic rings. The molecule has 0 aliphatic rings. The van der Waals surface area contributed by atoms with Crippen molar-refractivity contribution >= 4 is 22.8 Å². The van der Waals surface area contributed by atoms with Gasteiger partial charge in [-0.2, -0.15) is 0 Å². The largest absolute Gasteiger partial charge is 0.338 e. The normalized spacial score (nSPS) is 10.5. The molecule has 21 heavy (non-hydrogen) atoms. The van der Waals surface area contributed by atoms with E-state index in [1.54, 1.807) is 19.2 Å². The Hall–Kier alpha value is -2.89. The van der Waals surface area contributed by atoms with Crippen LogP contribution in [-0.2, 0) is 6.54 Å².